The van der Waals surface area contributed by atoms with Crippen molar-refractivity contribution in [1.82, 2.24) is 20.1 Å². The molecule has 0 atom stereocenters. The summed E-state index contributed by atoms with van der Waals surface area (Å²) in [6.45, 7) is 0.482. The summed E-state index contributed by atoms with van der Waals surface area (Å²) in [7, 11) is 1.74. The van der Waals surface area contributed by atoms with Gasteiger partial charge in [0.15, 0.2) is 12.1 Å². The first-order chi connectivity index (χ1) is 8.75. The molecule has 2 heterocycles. The maximum Gasteiger partial charge on any atom is 0.276 e. The highest BCUT2D eigenvalue weighted by atomic mass is 16.3. The first-order valence-electron chi connectivity index (χ1n) is 5.93. The fourth-order valence-electron chi connectivity index (χ4n) is 1.93. The summed E-state index contributed by atoms with van der Waals surface area (Å²) in [6, 6.07) is 1.84. The number of hydrogen-bond acceptors (Lipinski definition) is 4. The molecule has 0 aromatic carbocycles. The molecule has 3 rings (SSSR count). The van der Waals surface area contributed by atoms with E-state index < -0.39 is 0 Å². The van der Waals surface area contributed by atoms with Crippen LogP contribution in [0.4, 0.5) is 0 Å². The highest BCUT2D eigenvalue weighted by Crippen LogP contribution is 2.41. The van der Waals surface area contributed by atoms with Crippen LogP contribution in [-0.2, 0) is 6.54 Å². The monoisotopic (exact) mass is 246 g/mol. The molecule has 0 saturated heterocycles. The van der Waals surface area contributed by atoms with Gasteiger partial charge < -0.3 is 9.32 Å². The Morgan fingerprint density at radius 1 is 1.61 bits per heavy atom. The van der Waals surface area contributed by atoms with E-state index in [-0.39, 0.29) is 5.91 Å². The molecule has 1 fully saturated rings. The van der Waals surface area contributed by atoms with Gasteiger partial charge in [0.1, 0.15) is 5.76 Å². The minimum absolute atomic E-state index is 0.111. The molecular formula is C12H14N4O2. The number of carbonyl (C=O) groups is 1. The Balaban J connectivity index is 1.75. The highest BCUT2D eigenvalue weighted by molar-refractivity contribution is 5.93. The molecule has 18 heavy (non-hydrogen) atoms. The molecule has 1 amide bonds. The molecule has 0 unspecified atom stereocenters. The topological polar surface area (TPSA) is 75.0 Å². The number of carbonyl (C=O) groups excluding carboxylic acids is 1. The number of aromatic nitrogens is 3. The van der Waals surface area contributed by atoms with Crippen LogP contribution >= 0.6 is 0 Å². The summed E-state index contributed by atoms with van der Waals surface area (Å²) in [5, 5.41) is 6.69. The van der Waals surface area contributed by atoms with Crippen LogP contribution in [0.1, 0.15) is 40.7 Å². The summed E-state index contributed by atoms with van der Waals surface area (Å²) in [4.78, 5) is 17.9. The third kappa shape index (κ3) is 2.01. The molecule has 1 saturated carbocycles. The quantitative estimate of drug-likeness (QED) is 0.888. The summed E-state index contributed by atoms with van der Waals surface area (Å²) < 4.78 is 5.32. The van der Waals surface area contributed by atoms with Gasteiger partial charge >= 0.3 is 0 Å². The third-order valence-electron chi connectivity index (χ3n) is 3.06. The van der Waals surface area contributed by atoms with Gasteiger partial charge in [0.05, 0.1) is 12.2 Å². The molecule has 2 aromatic rings. The zero-order valence-electron chi connectivity index (χ0n) is 10.1. The molecule has 1 aliphatic rings. The van der Waals surface area contributed by atoms with E-state index in [0.717, 1.165) is 24.3 Å². The molecule has 6 nitrogen and oxygen atoms in total. The predicted octanol–water partition coefficient (Wildman–Crippen LogP) is 1.55. The fourth-order valence-corrected chi connectivity index (χ4v) is 1.93. The Morgan fingerprint density at radius 3 is 3.11 bits per heavy atom. The molecule has 1 N–H and O–H groups in total. The van der Waals surface area contributed by atoms with E-state index in [9.17, 15) is 4.79 Å². The molecule has 0 radical (unpaired) electrons. The molecule has 94 valence electrons. The van der Waals surface area contributed by atoms with E-state index in [4.69, 9.17) is 4.42 Å². The first-order valence-corrected chi connectivity index (χ1v) is 5.93. The van der Waals surface area contributed by atoms with Crippen LogP contribution in [0, 0.1) is 0 Å². The number of H-pyrrole nitrogens is 1. The maximum atomic E-state index is 12.3. The van der Waals surface area contributed by atoms with Crippen LogP contribution in [0.15, 0.2) is 23.1 Å². The Kier molecular flexibility index (Phi) is 2.62. The van der Waals surface area contributed by atoms with E-state index in [1.54, 1.807) is 18.1 Å². The average Bonchev–Trinajstić information content (AvgIpc) is 2.90. The Bertz CT molecular complexity index is 542. The number of nitrogens with one attached hydrogen (secondary N) is 1. The smallest absolute Gasteiger partial charge is 0.276 e. The number of nitrogens with zero attached hydrogens (tertiary/aromatic N) is 3. The number of amides is 1. The predicted molar refractivity (Wildman–Crippen MR) is 62.9 cm³/mol. The van der Waals surface area contributed by atoms with Gasteiger partial charge in [-0.1, -0.05) is 0 Å². The van der Waals surface area contributed by atoms with Gasteiger partial charge in [-0.2, -0.15) is 5.10 Å². The molecule has 1 aliphatic carbocycles. The fraction of sp³-hybridized carbons (Fsp3) is 0.417. The van der Waals surface area contributed by atoms with Gasteiger partial charge in [-0.05, 0) is 18.9 Å². The van der Waals surface area contributed by atoms with Crippen LogP contribution in [0.3, 0.4) is 0 Å². The average molecular weight is 246 g/mol. The van der Waals surface area contributed by atoms with Crippen molar-refractivity contribution in [3.05, 3.63) is 35.8 Å². The lowest BCUT2D eigenvalue weighted by Crippen LogP contribution is -2.27. The SMILES string of the molecule is CN(Cc1ccn[nH]1)C(=O)c1ncoc1C1CC1. The normalized spacial score (nSPS) is 14.7. The van der Waals surface area contributed by atoms with E-state index in [2.05, 4.69) is 15.2 Å². The van der Waals surface area contributed by atoms with Crippen molar-refractivity contribution >= 4 is 5.91 Å². The van der Waals surface area contributed by atoms with Gasteiger partial charge in [0.2, 0.25) is 0 Å². The van der Waals surface area contributed by atoms with Crippen LogP contribution in [-0.4, -0.2) is 33.0 Å². The molecule has 6 heteroatoms. The van der Waals surface area contributed by atoms with Crippen LogP contribution in [0.2, 0.25) is 0 Å². The molecular weight excluding hydrogens is 232 g/mol. The summed E-state index contributed by atoms with van der Waals surface area (Å²) >= 11 is 0. The lowest BCUT2D eigenvalue weighted by atomic mass is 10.2. The summed E-state index contributed by atoms with van der Waals surface area (Å²) in [5.41, 5.74) is 1.34. The third-order valence-corrected chi connectivity index (χ3v) is 3.06. The second-order valence-corrected chi connectivity index (χ2v) is 4.58. The van der Waals surface area contributed by atoms with Crippen molar-refractivity contribution in [3.63, 3.8) is 0 Å². The Morgan fingerprint density at radius 2 is 2.44 bits per heavy atom. The van der Waals surface area contributed by atoms with Gasteiger partial charge in [0, 0.05) is 19.2 Å². The largest absolute Gasteiger partial charge is 0.447 e. The highest BCUT2D eigenvalue weighted by Gasteiger charge is 2.33. The van der Waals surface area contributed by atoms with Crippen LogP contribution in [0.5, 0.6) is 0 Å². The number of oxazole rings is 1. The zero-order chi connectivity index (χ0) is 12.5. The minimum atomic E-state index is -0.111. The molecule has 2 aromatic heterocycles. The Labute approximate surface area is 104 Å². The van der Waals surface area contributed by atoms with Gasteiger partial charge in [-0.25, -0.2) is 4.98 Å². The van der Waals surface area contributed by atoms with Crippen molar-refractivity contribution in [2.24, 2.45) is 0 Å². The van der Waals surface area contributed by atoms with Crippen molar-refractivity contribution < 1.29 is 9.21 Å². The summed E-state index contributed by atoms with van der Waals surface area (Å²) in [5.74, 6) is 1.00. The van der Waals surface area contributed by atoms with Crippen molar-refractivity contribution in [2.75, 3.05) is 7.05 Å². The van der Waals surface area contributed by atoms with Crippen molar-refractivity contribution in [1.29, 1.82) is 0 Å². The van der Waals surface area contributed by atoms with E-state index in [1.165, 1.54) is 6.39 Å². The number of aromatic amines is 1. The van der Waals surface area contributed by atoms with Gasteiger partial charge in [-0.15, -0.1) is 0 Å². The first kappa shape index (κ1) is 11.0. The second-order valence-electron chi connectivity index (χ2n) is 4.58. The van der Waals surface area contributed by atoms with E-state index in [0.29, 0.717) is 18.2 Å². The van der Waals surface area contributed by atoms with Crippen LogP contribution < -0.4 is 0 Å². The van der Waals surface area contributed by atoms with E-state index >= 15 is 0 Å². The Hall–Kier alpha value is -2.11. The zero-order valence-corrected chi connectivity index (χ0v) is 10.1. The number of rotatable bonds is 4. The van der Waals surface area contributed by atoms with Gasteiger partial charge in [-0.3, -0.25) is 9.89 Å². The van der Waals surface area contributed by atoms with Crippen LogP contribution in [0.25, 0.3) is 0 Å². The lowest BCUT2D eigenvalue weighted by molar-refractivity contribution is 0.0776. The van der Waals surface area contributed by atoms with E-state index in [1.807, 2.05) is 6.07 Å². The standard InChI is InChI=1S/C12H14N4O2/c1-16(6-9-4-5-14-15-9)12(17)10-11(8-2-3-8)18-7-13-10/h4-5,7-8H,2-3,6H2,1H3,(H,14,15). The van der Waals surface area contributed by atoms with Crippen molar-refractivity contribution in [3.8, 4) is 0 Å². The summed E-state index contributed by atoms with van der Waals surface area (Å²) in [6.07, 6.45) is 5.18. The minimum Gasteiger partial charge on any atom is -0.447 e. The van der Waals surface area contributed by atoms with Gasteiger partial charge in [0.25, 0.3) is 5.91 Å². The molecule has 0 bridgehead atoms. The maximum absolute atomic E-state index is 12.3. The molecule has 0 aliphatic heterocycles. The molecule has 0 spiro atoms. The number of hydrogen-bond donors (Lipinski definition) is 1. The lowest BCUT2D eigenvalue weighted by Gasteiger charge is -2.14. The second kappa shape index (κ2) is 4.29. The van der Waals surface area contributed by atoms with Crippen molar-refractivity contribution in [2.45, 2.75) is 25.3 Å².